The summed E-state index contributed by atoms with van der Waals surface area (Å²) in [7, 11) is 2.13. The number of nitrogens with zero attached hydrogens (tertiary/aromatic N) is 2. The molecule has 2 aromatic rings. The minimum absolute atomic E-state index is 1.12. The summed E-state index contributed by atoms with van der Waals surface area (Å²) in [6.45, 7) is 3.39. The predicted molar refractivity (Wildman–Crippen MR) is 83.3 cm³/mol. The van der Waals surface area contributed by atoms with Crippen LogP contribution in [0.25, 0.3) is 11.0 Å². The Morgan fingerprint density at radius 1 is 0.947 bits per heavy atom. The number of imidazole rings is 1. The van der Waals surface area contributed by atoms with Crippen molar-refractivity contribution in [3.05, 3.63) is 28.6 Å². The fourth-order valence-corrected chi connectivity index (χ4v) is 3.23. The van der Waals surface area contributed by atoms with Crippen LogP contribution in [-0.2, 0) is 13.6 Å². The van der Waals surface area contributed by atoms with Gasteiger partial charge in [-0.1, -0.05) is 0 Å². The van der Waals surface area contributed by atoms with Gasteiger partial charge >= 0.3 is 123 Å². The summed E-state index contributed by atoms with van der Waals surface area (Å²) in [6, 6.07) is 8.64. The Morgan fingerprint density at radius 3 is 2.32 bits per heavy atom. The van der Waals surface area contributed by atoms with Gasteiger partial charge in [0.1, 0.15) is 0 Å². The fraction of sp³-hybridized carbons (Fsp3) is 0.562. The molecule has 0 aliphatic heterocycles. The Hall–Kier alpha value is -0.791. The van der Waals surface area contributed by atoms with Gasteiger partial charge in [-0.25, -0.2) is 0 Å². The first kappa shape index (κ1) is 14.6. The molecule has 1 heterocycles. The van der Waals surface area contributed by atoms with Crippen molar-refractivity contribution < 1.29 is 0 Å². The van der Waals surface area contributed by atoms with E-state index in [1.165, 1.54) is 53.9 Å². The molecule has 0 aliphatic carbocycles. The molecule has 104 valence electrons. The van der Waals surface area contributed by atoms with Gasteiger partial charge < -0.3 is 0 Å². The Kier molecular flexibility index (Phi) is 5.47. The normalized spacial score (nSPS) is 11.3. The second-order valence-electron chi connectivity index (χ2n) is 5.25. The number of rotatable bonds is 7. The second kappa shape index (κ2) is 7.12. The van der Waals surface area contributed by atoms with E-state index in [1.807, 2.05) is 0 Å². The summed E-state index contributed by atoms with van der Waals surface area (Å²) in [5.74, 6) is 0. The molecule has 1 aromatic carbocycles. The van der Waals surface area contributed by atoms with Crippen molar-refractivity contribution in [2.24, 2.45) is 7.05 Å². The fourth-order valence-electron chi connectivity index (χ4n) is 2.63. The topological polar surface area (TPSA) is 9.86 Å². The first-order valence-corrected chi connectivity index (χ1v) is 8.25. The van der Waals surface area contributed by atoms with Crippen molar-refractivity contribution >= 4 is 26.6 Å². The third-order valence-electron chi connectivity index (χ3n) is 3.79. The third kappa shape index (κ3) is 3.40. The van der Waals surface area contributed by atoms with Crippen molar-refractivity contribution in [3.63, 3.8) is 0 Å². The molecule has 0 bridgehead atoms. The van der Waals surface area contributed by atoms with Crippen molar-refractivity contribution in [1.82, 2.24) is 9.13 Å². The number of fused-ring (bicyclic) bond motifs is 1. The van der Waals surface area contributed by atoms with Gasteiger partial charge in [0, 0.05) is 0 Å². The van der Waals surface area contributed by atoms with Crippen molar-refractivity contribution in [1.29, 1.82) is 0 Å². The molecule has 0 atom stereocenters. The Morgan fingerprint density at radius 2 is 1.58 bits per heavy atom. The number of benzene rings is 1. The third-order valence-corrected chi connectivity index (χ3v) is 4.82. The van der Waals surface area contributed by atoms with Crippen LogP contribution in [0.1, 0.15) is 45.4 Å². The van der Waals surface area contributed by atoms with E-state index in [-0.39, 0.29) is 0 Å². The second-order valence-corrected chi connectivity index (χ2v) is 6.02. The van der Waals surface area contributed by atoms with Gasteiger partial charge in [0.2, 0.25) is 0 Å². The van der Waals surface area contributed by atoms with E-state index < -0.39 is 0 Å². The number of unbranched alkanes of at least 4 members (excludes halogenated alkanes) is 5. The summed E-state index contributed by atoms with van der Waals surface area (Å²) in [5, 5.41) is 0. The summed E-state index contributed by atoms with van der Waals surface area (Å²) in [4.78, 5) is 0. The van der Waals surface area contributed by atoms with E-state index in [0.717, 1.165) is 6.54 Å². The van der Waals surface area contributed by atoms with Gasteiger partial charge in [-0.15, -0.1) is 0 Å². The van der Waals surface area contributed by atoms with Gasteiger partial charge in [0.05, 0.1) is 0 Å². The van der Waals surface area contributed by atoms with E-state index in [2.05, 4.69) is 62.9 Å². The minimum atomic E-state index is 1.12. The molecule has 0 fully saturated rings. The van der Waals surface area contributed by atoms with Gasteiger partial charge in [0.25, 0.3) is 0 Å². The summed E-state index contributed by atoms with van der Waals surface area (Å²) >= 11 is 3.22. The summed E-state index contributed by atoms with van der Waals surface area (Å²) in [6.07, 6.45) is 8.09. The Bertz CT molecular complexity index is 580. The molecule has 0 saturated heterocycles. The molecule has 1 aromatic heterocycles. The molecule has 0 N–H and O–H groups in total. The number of para-hydroxylation sites is 2. The zero-order valence-electron chi connectivity index (χ0n) is 12.1. The molecule has 0 radical (unpaired) electrons. The average Bonchev–Trinajstić information content (AvgIpc) is 2.68. The summed E-state index contributed by atoms with van der Waals surface area (Å²) < 4.78 is 5.89. The molecule has 3 heteroatoms. The SMILES string of the molecule is CCCCCCCCn1c(=[Se])n(C)c2ccccc21. The predicted octanol–water partition coefficient (Wildman–Crippen LogP) is 4.04. The molecular weight excluding hydrogens is 299 g/mol. The van der Waals surface area contributed by atoms with Crippen LogP contribution in [-0.4, -0.2) is 24.7 Å². The van der Waals surface area contributed by atoms with E-state index in [9.17, 15) is 0 Å². The van der Waals surface area contributed by atoms with Crippen LogP contribution in [0.3, 0.4) is 0 Å². The molecule has 0 aliphatic rings. The van der Waals surface area contributed by atoms with Crippen molar-refractivity contribution in [2.75, 3.05) is 0 Å². The van der Waals surface area contributed by atoms with Crippen LogP contribution in [0.5, 0.6) is 0 Å². The quantitative estimate of drug-likeness (QED) is 0.537. The molecule has 0 saturated carbocycles. The standard InChI is InChI=1S/C16H24N2Se/c1-3-4-5-6-7-10-13-18-15-12-9-8-11-14(15)17(2)16(18)19/h8-9,11-12H,3-7,10,13H2,1-2H3. The van der Waals surface area contributed by atoms with Crippen LogP contribution in [0.2, 0.25) is 0 Å². The van der Waals surface area contributed by atoms with Gasteiger partial charge in [-0.05, 0) is 0 Å². The van der Waals surface area contributed by atoms with Gasteiger partial charge in [-0.3, -0.25) is 0 Å². The van der Waals surface area contributed by atoms with Crippen LogP contribution < -0.4 is 0 Å². The van der Waals surface area contributed by atoms with E-state index in [0.29, 0.717) is 0 Å². The number of aryl methyl sites for hydroxylation is 2. The number of aromatic nitrogens is 2. The molecular formula is C16H24N2Se. The van der Waals surface area contributed by atoms with Crippen LogP contribution >= 0.6 is 0 Å². The molecule has 19 heavy (non-hydrogen) atoms. The van der Waals surface area contributed by atoms with Gasteiger partial charge in [-0.2, -0.15) is 0 Å². The Balaban J connectivity index is 2.01. The summed E-state index contributed by atoms with van der Waals surface area (Å²) in [5.41, 5.74) is 2.65. The van der Waals surface area contributed by atoms with Crippen LogP contribution in [0.4, 0.5) is 0 Å². The molecule has 2 nitrogen and oxygen atoms in total. The van der Waals surface area contributed by atoms with E-state index >= 15 is 0 Å². The molecule has 2 rings (SSSR count). The van der Waals surface area contributed by atoms with Crippen molar-refractivity contribution in [3.8, 4) is 0 Å². The molecule has 0 amide bonds. The maximum atomic E-state index is 3.22. The monoisotopic (exact) mass is 324 g/mol. The zero-order chi connectivity index (χ0) is 13.7. The first-order chi connectivity index (χ1) is 9.25. The van der Waals surface area contributed by atoms with Gasteiger partial charge in [0.15, 0.2) is 0 Å². The Labute approximate surface area is 123 Å². The number of hydrogen-bond donors (Lipinski definition) is 0. The molecule has 0 unspecified atom stereocenters. The number of hydrogen-bond acceptors (Lipinski definition) is 0. The van der Waals surface area contributed by atoms with E-state index in [1.54, 1.807) is 0 Å². The zero-order valence-corrected chi connectivity index (χ0v) is 13.8. The first-order valence-electron chi connectivity index (χ1n) is 7.40. The van der Waals surface area contributed by atoms with Crippen LogP contribution in [0.15, 0.2) is 24.3 Å². The molecule has 0 spiro atoms. The average molecular weight is 323 g/mol. The van der Waals surface area contributed by atoms with E-state index in [4.69, 9.17) is 0 Å². The van der Waals surface area contributed by atoms with Crippen molar-refractivity contribution in [2.45, 2.75) is 52.0 Å². The maximum absolute atomic E-state index is 3.22. The van der Waals surface area contributed by atoms with Crippen LogP contribution in [0, 0.1) is 4.32 Å².